The normalized spacial score (nSPS) is 22.0. The third-order valence-corrected chi connectivity index (χ3v) is 7.36. The smallest absolute Gasteiger partial charge is 0.225 e. The molecule has 32 heavy (non-hydrogen) atoms. The number of benzene rings is 2. The maximum atomic E-state index is 6.07. The van der Waals surface area contributed by atoms with E-state index in [1.807, 2.05) is 38.4 Å². The highest BCUT2D eigenvalue weighted by Crippen LogP contribution is 2.48. The van der Waals surface area contributed by atoms with Crippen LogP contribution < -0.4 is 15.5 Å². The van der Waals surface area contributed by atoms with E-state index >= 15 is 0 Å². The largest absolute Gasteiger partial charge is 0.362 e. The van der Waals surface area contributed by atoms with E-state index in [-0.39, 0.29) is 0 Å². The highest BCUT2D eigenvalue weighted by atomic mass is 35.5. The van der Waals surface area contributed by atoms with Gasteiger partial charge in [-0.3, -0.25) is 0 Å². The Morgan fingerprint density at radius 3 is 2.31 bits per heavy atom. The van der Waals surface area contributed by atoms with E-state index in [9.17, 15) is 0 Å². The lowest BCUT2D eigenvalue weighted by Crippen LogP contribution is -2.40. The average Bonchev–Trinajstić information content (AvgIpc) is 3.59. The van der Waals surface area contributed by atoms with Gasteiger partial charge in [-0.05, 0) is 68.4 Å². The average molecular weight is 450 g/mol. The lowest BCUT2D eigenvalue weighted by Gasteiger charge is -2.31. The van der Waals surface area contributed by atoms with E-state index in [1.54, 1.807) is 0 Å². The van der Waals surface area contributed by atoms with Crippen LogP contribution in [0.5, 0.6) is 0 Å². The summed E-state index contributed by atoms with van der Waals surface area (Å²) in [5.41, 5.74) is 2.73. The third-order valence-electron chi connectivity index (χ3n) is 7.11. The topological polar surface area (TPSA) is 53.1 Å². The Kier molecular flexibility index (Phi) is 5.95. The molecule has 5 rings (SSSR count). The van der Waals surface area contributed by atoms with E-state index in [4.69, 9.17) is 21.6 Å². The van der Waals surface area contributed by atoms with Gasteiger partial charge in [0.15, 0.2) is 0 Å². The van der Waals surface area contributed by atoms with Crippen molar-refractivity contribution in [2.75, 3.05) is 30.9 Å². The molecule has 6 heteroatoms. The molecule has 3 aromatic rings. The summed E-state index contributed by atoms with van der Waals surface area (Å²) >= 11 is 6.07. The summed E-state index contributed by atoms with van der Waals surface area (Å²) in [4.78, 5) is 11.6. The molecule has 0 aliphatic heterocycles. The first-order chi connectivity index (χ1) is 15.5. The molecule has 1 aromatic heterocycles. The van der Waals surface area contributed by atoms with Crippen LogP contribution in [0.4, 0.5) is 11.8 Å². The van der Waals surface area contributed by atoms with Crippen molar-refractivity contribution < 1.29 is 0 Å². The van der Waals surface area contributed by atoms with Gasteiger partial charge in [0.2, 0.25) is 5.95 Å². The minimum Gasteiger partial charge on any atom is -0.362 e. The molecule has 1 heterocycles. The van der Waals surface area contributed by atoms with Crippen LogP contribution in [0, 0.1) is 0 Å². The predicted molar refractivity (Wildman–Crippen MR) is 134 cm³/mol. The van der Waals surface area contributed by atoms with Crippen molar-refractivity contribution in [2.45, 2.75) is 56.0 Å². The van der Waals surface area contributed by atoms with E-state index in [1.165, 1.54) is 31.2 Å². The molecule has 2 aliphatic carbocycles. The number of halogens is 1. The minimum atomic E-state index is 0.321. The number of para-hydroxylation sites is 1. The van der Waals surface area contributed by atoms with Crippen LogP contribution in [0.2, 0.25) is 5.02 Å². The van der Waals surface area contributed by atoms with Gasteiger partial charge >= 0.3 is 0 Å². The van der Waals surface area contributed by atoms with Crippen molar-refractivity contribution in [2.24, 2.45) is 0 Å². The molecular formula is C26H32ClN5. The van der Waals surface area contributed by atoms with Gasteiger partial charge in [0.25, 0.3) is 0 Å². The van der Waals surface area contributed by atoms with E-state index in [0.717, 1.165) is 47.1 Å². The standard InChI is InChI=1S/C26H32ClN5/c1-32(2)24-22-5-3-4-6-23(22)30-25(31-24)29-21-13-11-20(12-14-21)28-17-26(15-16-26)18-7-9-19(27)10-8-18/h3-10,20-21,28H,11-17H2,1-2H3,(H,29,30,31). The highest BCUT2D eigenvalue weighted by Gasteiger charge is 2.44. The fourth-order valence-electron chi connectivity index (χ4n) is 4.95. The van der Waals surface area contributed by atoms with Crippen molar-refractivity contribution in [3.05, 3.63) is 59.1 Å². The second-order valence-corrected chi connectivity index (χ2v) is 10.1. The monoisotopic (exact) mass is 449 g/mol. The van der Waals surface area contributed by atoms with Crippen molar-refractivity contribution in [1.29, 1.82) is 0 Å². The highest BCUT2D eigenvalue weighted by molar-refractivity contribution is 6.30. The summed E-state index contributed by atoms with van der Waals surface area (Å²) in [6, 6.07) is 17.7. The van der Waals surface area contributed by atoms with Gasteiger partial charge in [0.1, 0.15) is 5.82 Å². The number of aromatic nitrogens is 2. The van der Waals surface area contributed by atoms with Crippen LogP contribution in [0.15, 0.2) is 48.5 Å². The Bertz CT molecular complexity index is 1070. The number of fused-ring (bicyclic) bond motifs is 1. The first-order valence-corrected chi connectivity index (χ1v) is 12.1. The zero-order chi connectivity index (χ0) is 22.1. The second kappa shape index (κ2) is 8.87. The predicted octanol–water partition coefficient (Wildman–Crippen LogP) is 5.39. The molecule has 0 saturated heterocycles. The number of hydrogen-bond donors (Lipinski definition) is 2. The third kappa shape index (κ3) is 4.55. The lowest BCUT2D eigenvalue weighted by atomic mass is 9.90. The van der Waals surface area contributed by atoms with Crippen molar-refractivity contribution in [3.8, 4) is 0 Å². The van der Waals surface area contributed by atoms with Gasteiger partial charge in [-0.1, -0.05) is 35.9 Å². The van der Waals surface area contributed by atoms with Crippen molar-refractivity contribution in [1.82, 2.24) is 15.3 Å². The zero-order valence-electron chi connectivity index (χ0n) is 18.9. The van der Waals surface area contributed by atoms with Crippen LogP contribution in [0.25, 0.3) is 10.9 Å². The molecule has 0 amide bonds. The number of hydrogen-bond acceptors (Lipinski definition) is 5. The van der Waals surface area contributed by atoms with Gasteiger partial charge in [0, 0.05) is 48.5 Å². The van der Waals surface area contributed by atoms with Gasteiger partial charge < -0.3 is 15.5 Å². The van der Waals surface area contributed by atoms with Gasteiger partial charge in [-0.25, -0.2) is 4.98 Å². The number of nitrogens with one attached hydrogen (secondary N) is 2. The van der Waals surface area contributed by atoms with Crippen LogP contribution in [0.1, 0.15) is 44.1 Å². The Labute approximate surface area is 195 Å². The first kappa shape index (κ1) is 21.5. The lowest BCUT2D eigenvalue weighted by molar-refractivity contribution is 0.343. The van der Waals surface area contributed by atoms with Crippen molar-refractivity contribution >= 4 is 34.3 Å². The molecule has 2 aromatic carbocycles. The summed E-state index contributed by atoms with van der Waals surface area (Å²) in [5.74, 6) is 1.70. The van der Waals surface area contributed by atoms with Crippen LogP contribution in [-0.2, 0) is 5.41 Å². The van der Waals surface area contributed by atoms with Gasteiger partial charge in [-0.15, -0.1) is 0 Å². The Morgan fingerprint density at radius 1 is 0.938 bits per heavy atom. The molecule has 168 valence electrons. The maximum absolute atomic E-state index is 6.07. The zero-order valence-corrected chi connectivity index (χ0v) is 19.7. The molecule has 5 nitrogen and oxygen atoms in total. The minimum absolute atomic E-state index is 0.321. The van der Waals surface area contributed by atoms with E-state index < -0.39 is 0 Å². The Morgan fingerprint density at radius 2 is 1.62 bits per heavy atom. The molecule has 0 bridgehead atoms. The fraction of sp³-hybridized carbons (Fsp3) is 0.462. The van der Waals surface area contributed by atoms with Crippen LogP contribution in [-0.4, -0.2) is 42.7 Å². The molecule has 0 unspecified atom stereocenters. The Hall–Kier alpha value is -2.37. The quantitative estimate of drug-likeness (QED) is 0.506. The summed E-state index contributed by atoms with van der Waals surface area (Å²) in [6.07, 6.45) is 7.18. The van der Waals surface area contributed by atoms with Crippen LogP contribution >= 0.6 is 11.6 Å². The molecule has 0 spiro atoms. The first-order valence-electron chi connectivity index (χ1n) is 11.7. The van der Waals surface area contributed by atoms with Gasteiger partial charge in [-0.2, -0.15) is 4.98 Å². The molecule has 2 N–H and O–H groups in total. The number of nitrogens with zero attached hydrogens (tertiary/aromatic N) is 3. The maximum Gasteiger partial charge on any atom is 0.225 e. The summed E-state index contributed by atoms with van der Waals surface area (Å²) in [6.45, 7) is 1.07. The fourth-order valence-corrected chi connectivity index (χ4v) is 5.08. The summed E-state index contributed by atoms with van der Waals surface area (Å²) in [5, 5.41) is 9.39. The summed E-state index contributed by atoms with van der Waals surface area (Å²) in [7, 11) is 4.07. The molecule has 2 aliphatic rings. The van der Waals surface area contributed by atoms with E-state index in [0.29, 0.717) is 17.5 Å². The SMILES string of the molecule is CN(C)c1nc(NC2CCC(NCC3(c4ccc(Cl)cc4)CC3)CC2)nc2ccccc12. The number of rotatable bonds is 7. The Balaban J connectivity index is 1.17. The second-order valence-electron chi connectivity index (χ2n) is 9.64. The van der Waals surface area contributed by atoms with Crippen molar-refractivity contribution in [3.63, 3.8) is 0 Å². The molecule has 0 radical (unpaired) electrons. The summed E-state index contributed by atoms with van der Waals surface area (Å²) < 4.78 is 0. The molecule has 2 fully saturated rings. The molecular weight excluding hydrogens is 418 g/mol. The molecule has 0 atom stereocenters. The number of anilines is 2. The van der Waals surface area contributed by atoms with Crippen LogP contribution in [0.3, 0.4) is 0 Å². The molecule has 2 saturated carbocycles. The van der Waals surface area contributed by atoms with E-state index in [2.05, 4.69) is 39.8 Å². The van der Waals surface area contributed by atoms with Gasteiger partial charge in [0.05, 0.1) is 5.52 Å².